The molecule has 18 heavy (non-hydrogen) atoms. The van der Waals surface area contributed by atoms with Crippen LogP contribution in [0.4, 0.5) is 0 Å². The van der Waals surface area contributed by atoms with E-state index in [0.29, 0.717) is 23.9 Å². The van der Waals surface area contributed by atoms with E-state index in [-0.39, 0.29) is 0 Å². The number of nitrogens with zero attached hydrogens (tertiary/aromatic N) is 3. The van der Waals surface area contributed by atoms with Crippen molar-refractivity contribution in [3.8, 4) is 5.75 Å². The van der Waals surface area contributed by atoms with Crippen molar-refractivity contribution in [1.82, 2.24) is 15.0 Å². The first-order chi connectivity index (χ1) is 8.72. The van der Waals surface area contributed by atoms with Crippen molar-refractivity contribution in [2.24, 2.45) is 0 Å². The number of aryl methyl sites for hydroxylation is 1. The summed E-state index contributed by atoms with van der Waals surface area (Å²) in [5.74, 6) is 1.33. The molecule has 1 aromatic heterocycles. The van der Waals surface area contributed by atoms with Gasteiger partial charge < -0.3 is 4.74 Å². The summed E-state index contributed by atoms with van der Waals surface area (Å²) in [6.07, 6.45) is 2.59. The zero-order chi connectivity index (χ0) is 13.0. The first-order valence-electron chi connectivity index (χ1n) is 5.50. The molecule has 0 saturated heterocycles. The molecule has 0 spiro atoms. The van der Waals surface area contributed by atoms with Crippen molar-refractivity contribution in [1.29, 1.82) is 0 Å². The van der Waals surface area contributed by atoms with Crippen molar-refractivity contribution in [2.75, 3.05) is 13.0 Å². The predicted molar refractivity (Wildman–Crippen MR) is 71.6 cm³/mol. The maximum Gasteiger partial charge on any atom is 0.124 e. The molecule has 0 aliphatic heterocycles. The Morgan fingerprint density at radius 1 is 1.39 bits per heavy atom. The van der Waals surface area contributed by atoms with Crippen molar-refractivity contribution in [2.45, 2.75) is 13.0 Å². The van der Waals surface area contributed by atoms with E-state index in [1.807, 2.05) is 18.3 Å². The summed E-state index contributed by atoms with van der Waals surface area (Å²) in [6.45, 7) is 0.568. The Morgan fingerprint density at radius 2 is 2.22 bits per heavy atom. The predicted octanol–water partition coefficient (Wildman–Crippen LogP) is 2.77. The molecule has 0 N–H and O–H groups in total. The molecule has 1 aromatic carbocycles. The highest BCUT2D eigenvalue weighted by Crippen LogP contribution is 2.23. The number of alkyl halides is 1. The molecule has 0 aliphatic rings. The molecule has 96 valence electrons. The first-order valence-corrected chi connectivity index (χ1v) is 6.41. The van der Waals surface area contributed by atoms with Crippen molar-refractivity contribution in [3.63, 3.8) is 0 Å². The van der Waals surface area contributed by atoms with E-state index in [1.54, 1.807) is 17.9 Å². The minimum absolute atomic E-state index is 0.541. The first kappa shape index (κ1) is 13.2. The van der Waals surface area contributed by atoms with Crippen LogP contribution in [-0.2, 0) is 13.0 Å². The minimum atomic E-state index is 0.541. The lowest BCUT2D eigenvalue weighted by Gasteiger charge is -2.08. The molecule has 2 aromatic rings. The van der Waals surface area contributed by atoms with Gasteiger partial charge in [0, 0.05) is 29.1 Å². The highest BCUT2D eigenvalue weighted by molar-refractivity contribution is 6.30. The number of benzene rings is 1. The quantitative estimate of drug-likeness (QED) is 0.793. The van der Waals surface area contributed by atoms with Crippen molar-refractivity contribution in [3.05, 3.63) is 40.7 Å². The second kappa shape index (κ2) is 6.07. The van der Waals surface area contributed by atoms with Gasteiger partial charge in [-0.15, -0.1) is 16.7 Å². The fraction of sp³-hybridized carbons (Fsp3) is 0.333. The number of aromatic nitrogens is 3. The zero-order valence-corrected chi connectivity index (χ0v) is 11.4. The largest absolute Gasteiger partial charge is 0.496 e. The lowest BCUT2D eigenvalue weighted by molar-refractivity contribution is 0.407. The van der Waals surface area contributed by atoms with E-state index in [0.717, 1.165) is 17.0 Å². The standard InChI is InChI=1S/C12H13Cl2N3O/c1-18-12-3-2-10(14)6-9(12)7-17-8-11(4-5-13)15-16-17/h2-3,6,8H,4-5,7H2,1H3. The Labute approximate surface area is 115 Å². The van der Waals surface area contributed by atoms with Gasteiger partial charge in [-0.2, -0.15) is 0 Å². The summed E-state index contributed by atoms with van der Waals surface area (Å²) in [5, 5.41) is 8.75. The van der Waals surface area contributed by atoms with Gasteiger partial charge in [-0.1, -0.05) is 16.8 Å². The fourth-order valence-electron chi connectivity index (χ4n) is 1.67. The van der Waals surface area contributed by atoms with Gasteiger partial charge in [0.25, 0.3) is 0 Å². The minimum Gasteiger partial charge on any atom is -0.496 e. The monoisotopic (exact) mass is 285 g/mol. The molecular weight excluding hydrogens is 273 g/mol. The lowest BCUT2D eigenvalue weighted by atomic mass is 10.2. The Morgan fingerprint density at radius 3 is 2.94 bits per heavy atom. The molecule has 0 saturated carbocycles. The topological polar surface area (TPSA) is 39.9 Å². The SMILES string of the molecule is COc1ccc(Cl)cc1Cn1cc(CCCl)nn1. The van der Waals surface area contributed by atoms with Gasteiger partial charge in [-0.3, -0.25) is 0 Å². The normalized spacial score (nSPS) is 10.6. The van der Waals surface area contributed by atoms with E-state index >= 15 is 0 Å². The van der Waals surface area contributed by atoms with Crippen LogP contribution in [-0.4, -0.2) is 28.0 Å². The Balaban J connectivity index is 2.19. The molecule has 6 heteroatoms. The van der Waals surface area contributed by atoms with E-state index in [1.165, 1.54) is 0 Å². The van der Waals surface area contributed by atoms with Crippen LogP contribution in [0.15, 0.2) is 24.4 Å². The zero-order valence-electron chi connectivity index (χ0n) is 9.94. The molecule has 0 amide bonds. The third kappa shape index (κ3) is 3.15. The summed E-state index contributed by atoms with van der Waals surface area (Å²) in [6, 6.07) is 5.50. The molecule has 1 heterocycles. The molecule has 2 rings (SSSR count). The summed E-state index contributed by atoms with van der Waals surface area (Å²) in [7, 11) is 1.63. The molecule has 0 atom stereocenters. The van der Waals surface area contributed by atoms with Crippen LogP contribution >= 0.6 is 23.2 Å². The molecule has 0 radical (unpaired) electrons. The third-order valence-electron chi connectivity index (χ3n) is 2.51. The maximum absolute atomic E-state index is 5.98. The fourth-order valence-corrected chi connectivity index (χ4v) is 2.06. The highest BCUT2D eigenvalue weighted by atomic mass is 35.5. The average molecular weight is 286 g/mol. The Kier molecular flexibility index (Phi) is 4.44. The lowest BCUT2D eigenvalue weighted by Crippen LogP contribution is -2.02. The molecule has 0 fully saturated rings. The number of rotatable bonds is 5. The van der Waals surface area contributed by atoms with Gasteiger partial charge >= 0.3 is 0 Å². The van der Waals surface area contributed by atoms with Crippen LogP contribution in [0, 0.1) is 0 Å². The van der Waals surface area contributed by atoms with Crippen LogP contribution in [0.3, 0.4) is 0 Å². The van der Waals surface area contributed by atoms with Gasteiger partial charge in [0.2, 0.25) is 0 Å². The van der Waals surface area contributed by atoms with Gasteiger partial charge in [-0.05, 0) is 18.2 Å². The average Bonchev–Trinajstić information content (AvgIpc) is 2.77. The van der Waals surface area contributed by atoms with E-state index in [4.69, 9.17) is 27.9 Å². The highest BCUT2D eigenvalue weighted by Gasteiger charge is 2.07. The Hall–Kier alpha value is -1.26. The molecule has 0 aliphatic carbocycles. The van der Waals surface area contributed by atoms with E-state index < -0.39 is 0 Å². The molecule has 0 unspecified atom stereocenters. The summed E-state index contributed by atoms with van der Waals surface area (Å²) in [4.78, 5) is 0. The van der Waals surface area contributed by atoms with Crippen LogP contribution < -0.4 is 4.74 Å². The number of hydrogen-bond donors (Lipinski definition) is 0. The van der Waals surface area contributed by atoms with Crippen LogP contribution in [0.2, 0.25) is 5.02 Å². The number of ether oxygens (including phenoxy) is 1. The second-order valence-electron chi connectivity index (χ2n) is 3.80. The van der Waals surface area contributed by atoms with Crippen molar-refractivity contribution < 1.29 is 4.74 Å². The maximum atomic E-state index is 5.98. The van der Waals surface area contributed by atoms with Gasteiger partial charge in [0.05, 0.1) is 19.3 Å². The molecule has 4 nitrogen and oxygen atoms in total. The number of hydrogen-bond acceptors (Lipinski definition) is 3. The van der Waals surface area contributed by atoms with Crippen LogP contribution in [0.1, 0.15) is 11.3 Å². The Bertz CT molecular complexity index is 528. The summed E-state index contributed by atoms with van der Waals surface area (Å²) >= 11 is 11.6. The van der Waals surface area contributed by atoms with Gasteiger partial charge in [-0.25, -0.2) is 4.68 Å². The van der Waals surface area contributed by atoms with E-state index in [2.05, 4.69) is 10.3 Å². The summed E-state index contributed by atoms with van der Waals surface area (Å²) in [5.41, 5.74) is 1.85. The number of methoxy groups -OCH3 is 1. The van der Waals surface area contributed by atoms with Crippen LogP contribution in [0.25, 0.3) is 0 Å². The smallest absolute Gasteiger partial charge is 0.124 e. The third-order valence-corrected chi connectivity index (χ3v) is 2.94. The summed E-state index contributed by atoms with van der Waals surface area (Å²) < 4.78 is 7.03. The second-order valence-corrected chi connectivity index (χ2v) is 4.62. The van der Waals surface area contributed by atoms with E-state index in [9.17, 15) is 0 Å². The van der Waals surface area contributed by atoms with Gasteiger partial charge in [0.1, 0.15) is 5.75 Å². The van der Waals surface area contributed by atoms with Crippen LogP contribution in [0.5, 0.6) is 5.75 Å². The van der Waals surface area contributed by atoms with Gasteiger partial charge in [0.15, 0.2) is 0 Å². The molecule has 0 bridgehead atoms. The number of halogens is 2. The molecular formula is C12H13Cl2N3O. The van der Waals surface area contributed by atoms with Crippen molar-refractivity contribution >= 4 is 23.2 Å².